The highest BCUT2D eigenvalue weighted by atomic mass is 19.1. The van der Waals surface area contributed by atoms with Gasteiger partial charge < -0.3 is 14.1 Å². The summed E-state index contributed by atoms with van der Waals surface area (Å²) in [6, 6.07) is 16.5. The molecule has 1 aromatic carbocycles. The molecule has 5 aromatic rings. The summed E-state index contributed by atoms with van der Waals surface area (Å²) in [5.74, 6) is -0.229. The number of hydrogen-bond donors (Lipinski definition) is 1. The van der Waals surface area contributed by atoms with E-state index >= 15 is 0 Å². The van der Waals surface area contributed by atoms with E-state index in [-0.39, 0.29) is 30.2 Å². The molecule has 0 aliphatic carbocycles. The predicted molar refractivity (Wildman–Crippen MR) is 112 cm³/mol. The van der Waals surface area contributed by atoms with Crippen LogP contribution in [0.2, 0.25) is 0 Å². The number of pyridine rings is 1. The van der Waals surface area contributed by atoms with Crippen molar-refractivity contribution in [2.45, 2.75) is 13.1 Å². The molecule has 1 N–H and O–H groups in total. The van der Waals surface area contributed by atoms with Crippen LogP contribution in [0, 0.1) is 5.82 Å². The lowest BCUT2D eigenvalue weighted by molar-refractivity contribution is 0.0921. The lowest BCUT2D eigenvalue weighted by atomic mass is 10.2. The summed E-state index contributed by atoms with van der Waals surface area (Å²) in [7, 11) is 0. The molecular formula is C23H17FN4O3. The number of carbonyl (C=O) groups is 1. The average molecular weight is 416 g/mol. The van der Waals surface area contributed by atoms with E-state index in [0.717, 1.165) is 5.52 Å². The summed E-state index contributed by atoms with van der Waals surface area (Å²) >= 11 is 0. The minimum absolute atomic E-state index is 0.112. The first-order chi connectivity index (χ1) is 15.1. The Morgan fingerprint density at radius 2 is 1.94 bits per heavy atom. The number of nitrogens with zero attached hydrogens (tertiary/aromatic N) is 3. The van der Waals surface area contributed by atoms with Crippen molar-refractivity contribution < 1.29 is 13.6 Å². The molecule has 0 aliphatic heterocycles. The van der Waals surface area contributed by atoms with E-state index in [2.05, 4.69) is 10.3 Å². The summed E-state index contributed by atoms with van der Waals surface area (Å²) in [6.07, 6.45) is 3.44. The van der Waals surface area contributed by atoms with Crippen molar-refractivity contribution in [1.82, 2.24) is 19.3 Å². The van der Waals surface area contributed by atoms with Gasteiger partial charge in [-0.05, 0) is 54.1 Å². The zero-order valence-electron chi connectivity index (χ0n) is 16.3. The van der Waals surface area contributed by atoms with E-state index in [1.165, 1.54) is 16.7 Å². The normalized spacial score (nSPS) is 11.3. The third kappa shape index (κ3) is 3.48. The van der Waals surface area contributed by atoms with Crippen molar-refractivity contribution in [3.8, 4) is 0 Å². The molecule has 0 atom stereocenters. The van der Waals surface area contributed by atoms with Gasteiger partial charge in [-0.1, -0.05) is 12.1 Å². The molecule has 154 valence electrons. The molecule has 0 aliphatic rings. The maximum absolute atomic E-state index is 13.3. The second kappa shape index (κ2) is 7.56. The van der Waals surface area contributed by atoms with Crippen LogP contribution in [0.15, 0.2) is 82.3 Å². The van der Waals surface area contributed by atoms with E-state index in [1.807, 2.05) is 18.3 Å². The fraction of sp³-hybridized carbons (Fsp3) is 0.0870. The topological polar surface area (TPSA) is 81.5 Å². The zero-order chi connectivity index (χ0) is 21.4. The molecule has 0 radical (unpaired) electrons. The molecule has 0 unspecified atom stereocenters. The minimum Gasteiger partial charge on any atom is -0.454 e. The minimum atomic E-state index is -0.423. The monoisotopic (exact) mass is 416 g/mol. The van der Waals surface area contributed by atoms with Crippen molar-refractivity contribution in [3.05, 3.63) is 106 Å². The van der Waals surface area contributed by atoms with Crippen LogP contribution in [0.25, 0.3) is 16.7 Å². The molecule has 0 spiro atoms. The van der Waals surface area contributed by atoms with Gasteiger partial charge in [-0.3, -0.25) is 14.2 Å². The Balaban J connectivity index is 1.40. The molecule has 8 heteroatoms. The Bertz CT molecular complexity index is 1480. The Kier molecular flexibility index (Phi) is 4.59. The lowest BCUT2D eigenvalue weighted by Gasteiger charge is -2.10. The van der Waals surface area contributed by atoms with Crippen LogP contribution < -0.4 is 10.9 Å². The predicted octanol–water partition coefficient (Wildman–Crippen LogP) is 3.36. The van der Waals surface area contributed by atoms with E-state index < -0.39 is 5.91 Å². The second-order valence-electron chi connectivity index (χ2n) is 7.08. The molecule has 0 fully saturated rings. The summed E-state index contributed by atoms with van der Waals surface area (Å²) in [5.41, 5.74) is 2.28. The Hall–Kier alpha value is -4.20. The highest BCUT2D eigenvalue weighted by Crippen LogP contribution is 2.16. The van der Waals surface area contributed by atoms with Gasteiger partial charge in [-0.25, -0.2) is 9.37 Å². The number of hydrogen-bond acceptors (Lipinski definition) is 4. The van der Waals surface area contributed by atoms with Crippen molar-refractivity contribution in [1.29, 1.82) is 0 Å². The summed E-state index contributed by atoms with van der Waals surface area (Å²) in [4.78, 5) is 29.8. The number of furan rings is 1. The number of nitrogens with one attached hydrogen (secondary N) is 1. The van der Waals surface area contributed by atoms with Gasteiger partial charge >= 0.3 is 0 Å². The van der Waals surface area contributed by atoms with Gasteiger partial charge in [0.05, 0.1) is 12.1 Å². The van der Waals surface area contributed by atoms with Gasteiger partial charge in [0.25, 0.3) is 11.5 Å². The first-order valence-corrected chi connectivity index (χ1v) is 9.66. The smallest absolute Gasteiger partial charge is 0.287 e. The number of carbonyl (C=O) groups excluding carboxylic acids is 1. The van der Waals surface area contributed by atoms with Crippen LogP contribution in [0.4, 0.5) is 4.39 Å². The highest BCUT2D eigenvalue weighted by Gasteiger charge is 2.15. The molecule has 0 saturated carbocycles. The van der Waals surface area contributed by atoms with Crippen LogP contribution in [0.1, 0.15) is 21.9 Å². The molecule has 0 bridgehead atoms. The number of aromatic nitrogens is 3. The largest absolute Gasteiger partial charge is 0.454 e. The van der Waals surface area contributed by atoms with Gasteiger partial charge in [0.1, 0.15) is 17.1 Å². The third-order valence-corrected chi connectivity index (χ3v) is 5.04. The van der Waals surface area contributed by atoms with Gasteiger partial charge in [0.15, 0.2) is 11.4 Å². The molecule has 31 heavy (non-hydrogen) atoms. The van der Waals surface area contributed by atoms with Gasteiger partial charge in [0.2, 0.25) is 0 Å². The van der Waals surface area contributed by atoms with Crippen LogP contribution in [-0.4, -0.2) is 19.9 Å². The molecule has 4 aromatic heterocycles. The first kappa shape index (κ1) is 18.8. The molecular weight excluding hydrogens is 399 g/mol. The van der Waals surface area contributed by atoms with Gasteiger partial charge in [-0.2, -0.15) is 0 Å². The van der Waals surface area contributed by atoms with E-state index in [4.69, 9.17) is 4.42 Å². The zero-order valence-corrected chi connectivity index (χ0v) is 16.3. The third-order valence-electron chi connectivity index (χ3n) is 5.04. The Labute approximate surface area is 175 Å². The fourth-order valence-corrected chi connectivity index (χ4v) is 3.59. The summed E-state index contributed by atoms with van der Waals surface area (Å²) in [6.45, 7) is 0.302. The Morgan fingerprint density at radius 3 is 2.81 bits per heavy atom. The highest BCUT2D eigenvalue weighted by molar-refractivity contribution is 5.91. The number of fused-ring (bicyclic) bond motifs is 3. The molecule has 5 rings (SSSR count). The quantitative estimate of drug-likeness (QED) is 0.476. The average Bonchev–Trinajstić information content (AvgIpc) is 3.45. The maximum Gasteiger partial charge on any atom is 0.287 e. The van der Waals surface area contributed by atoms with E-state index in [1.54, 1.807) is 47.0 Å². The van der Waals surface area contributed by atoms with E-state index in [0.29, 0.717) is 22.5 Å². The SMILES string of the molecule is O=C(NCc1cccc(F)c1)c1ccc(Cn2c(=O)c3cccn3c3cccnc32)o1. The number of amides is 1. The van der Waals surface area contributed by atoms with Crippen LogP contribution >= 0.6 is 0 Å². The first-order valence-electron chi connectivity index (χ1n) is 9.66. The molecule has 0 saturated heterocycles. The lowest BCUT2D eigenvalue weighted by Crippen LogP contribution is -2.24. The van der Waals surface area contributed by atoms with Crippen LogP contribution in [0.5, 0.6) is 0 Å². The fourth-order valence-electron chi connectivity index (χ4n) is 3.59. The second-order valence-corrected chi connectivity index (χ2v) is 7.08. The van der Waals surface area contributed by atoms with Crippen molar-refractivity contribution in [2.75, 3.05) is 0 Å². The number of benzene rings is 1. The van der Waals surface area contributed by atoms with Crippen LogP contribution in [0.3, 0.4) is 0 Å². The Morgan fingerprint density at radius 1 is 1.06 bits per heavy atom. The van der Waals surface area contributed by atoms with Crippen molar-refractivity contribution in [3.63, 3.8) is 0 Å². The van der Waals surface area contributed by atoms with Crippen molar-refractivity contribution in [2.24, 2.45) is 0 Å². The maximum atomic E-state index is 13.3. The number of halogens is 1. The van der Waals surface area contributed by atoms with Crippen LogP contribution in [-0.2, 0) is 13.1 Å². The summed E-state index contributed by atoms with van der Waals surface area (Å²) < 4.78 is 22.3. The van der Waals surface area contributed by atoms with Gasteiger partial charge in [0, 0.05) is 18.9 Å². The van der Waals surface area contributed by atoms with Gasteiger partial charge in [-0.15, -0.1) is 0 Å². The number of rotatable bonds is 5. The molecule has 1 amide bonds. The standard InChI is InChI=1S/C23H17FN4O3/c24-16-5-1-4-15(12-16)13-26-22(29)20-9-8-17(31-20)14-28-21-18(6-2-10-25-21)27-11-3-7-19(27)23(28)30/h1-12H,13-14H2,(H,26,29). The van der Waals surface area contributed by atoms with E-state index in [9.17, 15) is 14.0 Å². The summed E-state index contributed by atoms with van der Waals surface area (Å²) in [5, 5.41) is 2.70. The molecule has 7 nitrogen and oxygen atoms in total. The van der Waals surface area contributed by atoms with Crippen molar-refractivity contribution >= 4 is 22.6 Å². The molecule has 4 heterocycles.